The van der Waals surface area contributed by atoms with Gasteiger partial charge in [0.1, 0.15) is 6.17 Å². The van der Waals surface area contributed by atoms with Crippen LogP contribution in [0.3, 0.4) is 0 Å². The number of halogens is 1. The van der Waals surface area contributed by atoms with Gasteiger partial charge in [0.15, 0.2) is 0 Å². The first-order valence-electron chi connectivity index (χ1n) is 4.09. The standard InChI is InChI=1S/C8H15FN2/c1-7-4-11(2)5-8(7,10)3-6(7)9/h6H,3-5,10H2,1-2H3/t6-,7+,8-/m1/s1. The van der Waals surface area contributed by atoms with E-state index in [0.29, 0.717) is 6.42 Å². The van der Waals surface area contributed by atoms with E-state index in [2.05, 4.69) is 4.90 Å². The molecule has 2 rings (SSSR count). The predicted octanol–water partition coefficient (Wildman–Crippen LogP) is 0.377. The van der Waals surface area contributed by atoms with Gasteiger partial charge in [-0.1, -0.05) is 6.92 Å². The fourth-order valence-corrected chi connectivity index (χ4v) is 2.56. The van der Waals surface area contributed by atoms with Gasteiger partial charge < -0.3 is 10.6 Å². The first kappa shape index (κ1) is 7.50. The van der Waals surface area contributed by atoms with Crippen LogP contribution in [-0.4, -0.2) is 36.7 Å². The highest BCUT2D eigenvalue weighted by molar-refractivity contribution is 5.20. The van der Waals surface area contributed by atoms with E-state index in [-0.39, 0.29) is 11.0 Å². The number of hydrogen-bond acceptors (Lipinski definition) is 2. The Bertz CT molecular complexity index is 197. The fourth-order valence-electron chi connectivity index (χ4n) is 2.56. The van der Waals surface area contributed by atoms with Gasteiger partial charge in [-0.15, -0.1) is 0 Å². The number of alkyl halides is 1. The van der Waals surface area contributed by atoms with E-state index in [1.165, 1.54) is 0 Å². The Labute approximate surface area is 66.5 Å². The first-order valence-corrected chi connectivity index (χ1v) is 4.09. The SMILES string of the molecule is CN1C[C@]2(N)C[C@@H](F)[C@]2(C)C1. The molecule has 2 nitrogen and oxygen atoms in total. The van der Waals surface area contributed by atoms with E-state index in [4.69, 9.17) is 5.73 Å². The van der Waals surface area contributed by atoms with Crippen LogP contribution in [0.4, 0.5) is 4.39 Å². The molecule has 0 unspecified atom stereocenters. The van der Waals surface area contributed by atoms with Crippen LogP contribution in [-0.2, 0) is 0 Å². The summed E-state index contributed by atoms with van der Waals surface area (Å²) in [6, 6.07) is 0. The normalized spacial score (nSPS) is 57.3. The molecule has 2 aliphatic rings. The highest BCUT2D eigenvalue weighted by Gasteiger charge is 2.65. The van der Waals surface area contributed by atoms with Crippen molar-refractivity contribution in [2.45, 2.75) is 25.1 Å². The summed E-state index contributed by atoms with van der Waals surface area (Å²) in [7, 11) is 2.00. The Balaban J connectivity index is 2.25. The molecular weight excluding hydrogens is 143 g/mol. The molecule has 0 aromatic rings. The number of likely N-dealkylation sites (tertiary alicyclic amines) is 1. The maximum atomic E-state index is 13.2. The molecule has 0 bridgehead atoms. The summed E-state index contributed by atoms with van der Waals surface area (Å²) in [5.74, 6) is 0. The maximum Gasteiger partial charge on any atom is 0.110 e. The minimum Gasteiger partial charge on any atom is -0.323 e. The molecule has 0 spiro atoms. The van der Waals surface area contributed by atoms with Gasteiger partial charge in [0.25, 0.3) is 0 Å². The summed E-state index contributed by atoms with van der Waals surface area (Å²) in [6.45, 7) is 3.62. The van der Waals surface area contributed by atoms with Crippen molar-refractivity contribution in [3.05, 3.63) is 0 Å². The predicted molar refractivity (Wildman–Crippen MR) is 42.0 cm³/mol. The van der Waals surface area contributed by atoms with E-state index >= 15 is 0 Å². The van der Waals surface area contributed by atoms with Gasteiger partial charge in [0.05, 0.1) is 0 Å². The molecule has 2 fully saturated rings. The van der Waals surface area contributed by atoms with Gasteiger partial charge in [-0.05, 0) is 13.5 Å². The Kier molecular flexibility index (Phi) is 1.21. The third-order valence-electron chi connectivity index (χ3n) is 3.52. The quantitative estimate of drug-likeness (QED) is 0.552. The monoisotopic (exact) mass is 158 g/mol. The molecule has 64 valence electrons. The molecule has 0 aromatic carbocycles. The zero-order valence-corrected chi connectivity index (χ0v) is 7.10. The van der Waals surface area contributed by atoms with Crippen LogP contribution in [0.1, 0.15) is 13.3 Å². The van der Waals surface area contributed by atoms with Crippen molar-refractivity contribution < 1.29 is 4.39 Å². The average molecular weight is 158 g/mol. The van der Waals surface area contributed by atoms with Crippen molar-refractivity contribution in [1.82, 2.24) is 4.90 Å². The van der Waals surface area contributed by atoms with E-state index in [1.807, 2.05) is 14.0 Å². The maximum absolute atomic E-state index is 13.2. The van der Waals surface area contributed by atoms with Crippen LogP contribution in [0, 0.1) is 5.41 Å². The molecular formula is C8H15FN2. The molecule has 0 radical (unpaired) electrons. The molecule has 3 heteroatoms. The number of rotatable bonds is 0. The smallest absolute Gasteiger partial charge is 0.110 e. The van der Waals surface area contributed by atoms with Crippen LogP contribution in [0.2, 0.25) is 0 Å². The Morgan fingerprint density at radius 1 is 1.55 bits per heavy atom. The molecule has 1 aliphatic carbocycles. The number of hydrogen-bond donors (Lipinski definition) is 1. The summed E-state index contributed by atoms with van der Waals surface area (Å²) in [6.07, 6.45) is -0.133. The lowest BCUT2D eigenvalue weighted by molar-refractivity contribution is -0.0431. The second-order valence-electron chi connectivity index (χ2n) is 4.42. The van der Waals surface area contributed by atoms with Gasteiger partial charge in [-0.25, -0.2) is 4.39 Å². The molecule has 1 saturated carbocycles. The van der Waals surface area contributed by atoms with Crippen molar-refractivity contribution in [1.29, 1.82) is 0 Å². The van der Waals surface area contributed by atoms with E-state index in [1.54, 1.807) is 0 Å². The fraction of sp³-hybridized carbons (Fsp3) is 1.00. The van der Waals surface area contributed by atoms with Gasteiger partial charge in [-0.3, -0.25) is 0 Å². The lowest BCUT2D eigenvalue weighted by Gasteiger charge is -2.52. The number of nitrogens with zero attached hydrogens (tertiary/aromatic N) is 1. The highest BCUT2D eigenvalue weighted by Crippen LogP contribution is 2.54. The highest BCUT2D eigenvalue weighted by atomic mass is 19.1. The molecule has 2 N–H and O–H groups in total. The number of fused-ring (bicyclic) bond motifs is 1. The molecule has 1 aliphatic heterocycles. The van der Waals surface area contributed by atoms with Crippen molar-refractivity contribution in [3.63, 3.8) is 0 Å². The Morgan fingerprint density at radius 2 is 2.18 bits per heavy atom. The lowest BCUT2D eigenvalue weighted by atomic mass is 9.56. The third-order valence-corrected chi connectivity index (χ3v) is 3.52. The Morgan fingerprint density at radius 3 is 2.55 bits per heavy atom. The van der Waals surface area contributed by atoms with Gasteiger partial charge in [0.2, 0.25) is 0 Å². The second kappa shape index (κ2) is 1.77. The lowest BCUT2D eigenvalue weighted by Crippen LogP contribution is -2.68. The first-order chi connectivity index (χ1) is 4.98. The van der Waals surface area contributed by atoms with Gasteiger partial charge >= 0.3 is 0 Å². The van der Waals surface area contributed by atoms with Crippen LogP contribution < -0.4 is 5.73 Å². The van der Waals surface area contributed by atoms with Crippen LogP contribution in [0.15, 0.2) is 0 Å². The minimum atomic E-state index is -0.683. The van der Waals surface area contributed by atoms with Gasteiger partial charge in [0, 0.05) is 24.0 Å². The summed E-state index contributed by atoms with van der Waals surface area (Å²) in [5.41, 5.74) is 5.54. The van der Waals surface area contributed by atoms with Crippen molar-refractivity contribution >= 4 is 0 Å². The average Bonchev–Trinajstić information content (AvgIpc) is 2.01. The van der Waals surface area contributed by atoms with Gasteiger partial charge in [-0.2, -0.15) is 0 Å². The van der Waals surface area contributed by atoms with Crippen molar-refractivity contribution in [2.24, 2.45) is 11.1 Å². The molecule has 1 saturated heterocycles. The van der Waals surface area contributed by atoms with E-state index < -0.39 is 6.17 Å². The molecule has 0 aromatic heterocycles. The third kappa shape index (κ3) is 0.681. The van der Waals surface area contributed by atoms with Crippen LogP contribution in [0.25, 0.3) is 0 Å². The van der Waals surface area contributed by atoms with E-state index in [9.17, 15) is 4.39 Å². The summed E-state index contributed by atoms with van der Waals surface area (Å²) in [5, 5.41) is 0. The minimum absolute atomic E-state index is 0.235. The zero-order chi connectivity index (χ0) is 8.28. The van der Waals surface area contributed by atoms with Crippen molar-refractivity contribution in [2.75, 3.05) is 20.1 Å². The largest absolute Gasteiger partial charge is 0.323 e. The topological polar surface area (TPSA) is 29.3 Å². The summed E-state index contributed by atoms with van der Waals surface area (Å²) < 4.78 is 13.2. The molecule has 1 heterocycles. The van der Waals surface area contributed by atoms with E-state index in [0.717, 1.165) is 13.1 Å². The zero-order valence-electron chi connectivity index (χ0n) is 7.10. The molecule has 3 atom stereocenters. The number of likely N-dealkylation sites (N-methyl/N-ethyl adjacent to an activating group) is 1. The second-order valence-corrected chi connectivity index (χ2v) is 4.42. The number of nitrogens with two attached hydrogens (primary N) is 1. The summed E-state index contributed by atoms with van der Waals surface area (Å²) in [4.78, 5) is 2.12. The summed E-state index contributed by atoms with van der Waals surface area (Å²) >= 11 is 0. The molecule has 11 heavy (non-hydrogen) atoms. The van der Waals surface area contributed by atoms with Crippen molar-refractivity contribution in [3.8, 4) is 0 Å². The van der Waals surface area contributed by atoms with Crippen LogP contribution >= 0.6 is 0 Å². The Hall–Kier alpha value is -0.150. The molecule has 0 amide bonds. The van der Waals surface area contributed by atoms with Crippen LogP contribution in [0.5, 0.6) is 0 Å².